The summed E-state index contributed by atoms with van der Waals surface area (Å²) in [7, 11) is 0. The van der Waals surface area contributed by atoms with Crippen molar-refractivity contribution in [3.05, 3.63) is 11.2 Å². The third kappa shape index (κ3) is 3.72. The van der Waals surface area contributed by atoms with Gasteiger partial charge in [-0.25, -0.2) is 10.8 Å². The summed E-state index contributed by atoms with van der Waals surface area (Å²) in [4.78, 5) is 19.3. The van der Waals surface area contributed by atoms with Gasteiger partial charge in [-0.1, -0.05) is 11.6 Å². The number of nitrogens with one attached hydrogen (secondary N) is 3. The van der Waals surface area contributed by atoms with Gasteiger partial charge in [-0.15, -0.1) is 0 Å². The van der Waals surface area contributed by atoms with E-state index in [0.29, 0.717) is 17.4 Å². The van der Waals surface area contributed by atoms with Gasteiger partial charge in [0.05, 0.1) is 6.20 Å². The number of carbonyl (C=O) groups is 1. The Morgan fingerprint density at radius 3 is 2.94 bits per heavy atom. The van der Waals surface area contributed by atoms with E-state index in [4.69, 9.17) is 17.4 Å². The topological polar surface area (TPSA) is 105 Å². The van der Waals surface area contributed by atoms with E-state index in [0.717, 1.165) is 0 Å². The van der Waals surface area contributed by atoms with Crippen LogP contribution in [0, 0.1) is 0 Å². The Hall–Kier alpha value is -1.60. The molecule has 1 unspecified atom stereocenters. The van der Waals surface area contributed by atoms with Crippen molar-refractivity contribution < 1.29 is 4.79 Å². The minimum Gasteiger partial charge on any atom is -0.357 e. The van der Waals surface area contributed by atoms with Crippen LogP contribution in [0.2, 0.25) is 5.02 Å². The quantitative estimate of drug-likeness (QED) is 0.449. The number of hydrogen-bond acceptors (Lipinski definition) is 6. The molecule has 1 amide bonds. The maximum atomic E-state index is 11.5. The van der Waals surface area contributed by atoms with Crippen molar-refractivity contribution in [2.45, 2.75) is 19.9 Å². The number of likely N-dealkylation sites (N-methyl/N-ethyl adjacent to an activating group) is 1. The molecule has 94 valence electrons. The van der Waals surface area contributed by atoms with Gasteiger partial charge in [0.2, 0.25) is 11.9 Å². The Morgan fingerprint density at radius 2 is 2.35 bits per heavy atom. The molecule has 1 aromatic heterocycles. The summed E-state index contributed by atoms with van der Waals surface area (Å²) in [6.07, 6.45) is 1.40. The monoisotopic (exact) mass is 258 g/mol. The Bertz CT molecular complexity index is 399. The van der Waals surface area contributed by atoms with Gasteiger partial charge in [0, 0.05) is 6.54 Å². The first-order valence-electron chi connectivity index (χ1n) is 5.11. The van der Waals surface area contributed by atoms with Crippen molar-refractivity contribution in [1.82, 2.24) is 15.3 Å². The highest BCUT2D eigenvalue weighted by Crippen LogP contribution is 2.19. The number of rotatable bonds is 5. The maximum absolute atomic E-state index is 11.5. The SMILES string of the molecule is CCNC(=O)C(C)Nc1nc(NN)ncc1Cl. The Labute approximate surface area is 104 Å². The molecule has 0 aliphatic carbocycles. The Balaban J connectivity index is 2.76. The van der Waals surface area contributed by atoms with Gasteiger partial charge < -0.3 is 10.6 Å². The van der Waals surface area contributed by atoms with Crippen molar-refractivity contribution in [1.29, 1.82) is 0 Å². The van der Waals surface area contributed by atoms with Crippen LogP contribution in [0.3, 0.4) is 0 Å². The molecule has 0 saturated heterocycles. The number of nitrogens with zero attached hydrogens (tertiary/aromatic N) is 2. The normalized spacial score (nSPS) is 11.8. The Kier molecular flexibility index (Phi) is 4.92. The minimum absolute atomic E-state index is 0.135. The van der Waals surface area contributed by atoms with Crippen LogP contribution in [0.15, 0.2) is 6.20 Å². The maximum Gasteiger partial charge on any atom is 0.242 e. The van der Waals surface area contributed by atoms with Gasteiger partial charge in [-0.05, 0) is 13.8 Å². The summed E-state index contributed by atoms with van der Waals surface area (Å²) >= 11 is 5.89. The Morgan fingerprint density at radius 1 is 1.65 bits per heavy atom. The number of hydrazine groups is 1. The second kappa shape index (κ2) is 6.21. The molecule has 0 bridgehead atoms. The van der Waals surface area contributed by atoms with Gasteiger partial charge in [0.25, 0.3) is 0 Å². The minimum atomic E-state index is -0.451. The number of hydrogen-bond donors (Lipinski definition) is 4. The van der Waals surface area contributed by atoms with Crippen LogP contribution in [-0.4, -0.2) is 28.5 Å². The average Bonchev–Trinajstić information content (AvgIpc) is 2.32. The first-order chi connectivity index (χ1) is 8.08. The number of nitrogens with two attached hydrogens (primary N) is 1. The highest BCUT2D eigenvalue weighted by Gasteiger charge is 2.14. The molecule has 7 nitrogen and oxygen atoms in total. The van der Waals surface area contributed by atoms with E-state index in [1.54, 1.807) is 6.92 Å². The summed E-state index contributed by atoms with van der Waals surface area (Å²) < 4.78 is 0. The molecule has 0 aromatic carbocycles. The van der Waals surface area contributed by atoms with Gasteiger partial charge in [-0.3, -0.25) is 10.2 Å². The van der Waals surface area contributed by atoms with Gasteiger partial charge in [0.15, 0.2) is 5.82 Å². The molecule has 0 aliphatic rings. The van der Waals surface area contributed by atoms with Gasteiger partial charge >= 0.3 is 0 Å². The van der Waals surface area contributed by atoms with Crippen molar-refractivity contribution >= 4 is 29.3 Å². The number of nitrogen functional groups attached to an aromatic ring is 1. The number of anilines is 2. The molecule has 1 atom stereocenters. The van der Waals surface area contributed by atoms with Crippen LogP contribution >= 0.6 is 11.6 Å². The van der Waals surface area contributed by atoms with Crippen molar-refractivity contribution in [2.24, 2.45) is 5.84 Å². The summed E-state index contributed by atoms with van der Waals surface area (Å²) in [5.41, 5.74) is 2.30. The summed E-state index contributed by atoms with van der Waals surface area (Å²) in [5, 5.41) is 5.88. The predicted molar refractivity (Wildman–Crippen MR) is 66.6 cm³/mol. The standard InChI is InChI=1S/C9H15ClN6O/c1-3-12-8(17)5(2)14-7-6(10)4-13-9(15-7)16-11/h4-5H,3,11H2,1-2H3,(H,12,17)(H2,13,14,15,16). The zero-order valence-electron chi connectivity index (χ0n) is 9.62. The highest BCUT2D eigenvalue weighted by atomic mass is 35.5. The summed E-state index contributed by atoms with van der Waals surface area (Å²) in [6, 6.07) is -0.451. The van der Waals surface area contributed by atoms with Gasteiger partial charge in [-0.2, -0.15) is 4.98 Å². The fourth-order valence-electron chi connectivity index (χ4n) is 1.14. The smallest absolute Gasteiger partial charge is 0.242 e. The number of carbonyl (C=O) groups excluding carboxylic acids is 1. The highest BCUT2D eigenvalue weighted by molar-refractivity contribution is 6.32. The molecular formula is C9H15ClN6O. The first-order valence-corrected chi connectivity index (χ1v) is 5.49. The first kappa shape index (κ1) is 13.5. The van der Waals surface area contributed by atoms with Gasteiger partial charge in [0.1, 0.15) is 11.1 Å². The molecule has 1 rings (SSSR count). The number of halogens is 1. The van der Waals surface area contributed by atoms with E-state index < -0.39 is 6.04 Å². The van der Waals surface area contributed by atoms with Crippen LogP contribution in [0.4, 0.5) is 11.8 Å². The predicted octanol–water partition coefficient (Wildman–Crippen LogP) is 0.352. The van der Waals surface area contributed by atoms with E-state index in [1.807, 2.05) is 6.92 Å². The average molecular weight is 259 g/mol. The second-order valence-electron chi connectivity index (χ2n) is 3.30. The molecule has 5 N–H and O–H groups in total. The zero-order chi connectivity index (χ0) is 12.8. The lowest BCUT2D eigenvalue weighted by atomic mass is 10.3. The lowest BCUT2D eigenvalue weighted by Crippen LogP contribution is -2.37. The van der Waals surface area contributed by atoms with E-state index in [9.17, 15) is 4.79 Å². The van der Waals surface area contributed by atoms with Crippen LogP contribution in [0.25, 0.3) is 0 Å². The second-order valence-corrected chi connectivity index (χ2v) is 3.70. The third-order valence-corrected chi connectivity index (χ3v) is 2.25. The fraction of sp³-hybridized carbons (Fsp3) is 0.444. The molecule has 17 heavy (non-hydrogen) atoms. The molecule has 0 radical (unpaired) electrons. The summed E-state index contributed by atoms with van der Waals surface area (Å²) in [6.45, 7) is 4.12. The van der Waals surface area contributed by atoms with E-state index in [1.165, 1.54) is 6.20 Å². The molecule has 0 aliphatic heterocycles. The number of aromatic nitrogens is 2. The fourth-order valence-corrected chi connectivity index (χ4v) is 1.28. The van der Waals surface area contributed by atoms with E-state index >= 15 is 0 Å². The number of amides is 1. The van der Waals surface area contributed by atoms with Crippen LogP contribution in [-0.2, 0) is 4.79 Å². The molecule has 0 saturated carbocycles. The lowest BCUT2D eigenvalue weighted by Gasteiger charge is -2.15. The zero-order valence-corrected chi connectivity index (χ0v) is 10.4. The van der Waals surface area contributed by atoms with Crippen LogP contribution < -0.4 is 21.9 Å². The van der Waals surface area contributed by atoms with Crippen molar-refractivity contribution in [3.8, 4) is 0 Å². The third-order valence-electron chi connectivity index (χ3n) is 1.97. The van der Waals surface area contributed by atoms with Crippen LogP contribution in [0.5, 0.6) is 0 Å². The molecule has 0 spiro atoms. The van der Waals surface area contributed by atoms with Crippen molar-refractivity contribution in [3.63, 3.8) is 0 Å². The van der Waals surface area contributed by atoms with E-state index in [2.05, 4.69) is 26.0 Å². The summed E-state index contributed by atoms with van der Waals surface area (Å²) in [5.74, 6) is 5.62. The molecule has 0 fully saturated rings. The van der Waals surface area contributed by atoms with Crippen LogP contribution in [0.1, 0.15) is 13.8 Å². The molecule has 1 aromatic rings. The largest absolute Gasteiger partial charge is 0.357 e. The van der Waals surface area contributed by atoms with Crippen molar-refractivity contribution in [2.75, 3.05) is 17.3 Å². The molecule has 8 heteroatoms. The molecular weight excluding hydrogens is 244 g/mol. The molecule has 1 heterocycles. The lowest BCUT2D eigenvalue weighted by molar-refractivity contribution is -0.121. The van der Waals surface area contributed by atoms with E-state index in [-0.39, 0.29) is 11.9 Å².